The van der Waals surface area contributed by atoms with E-state index in [1.807, 2.05) is 0 Å². The predicted molar refractivity (Wildman–Crippen MR) is 50.4 cm³/mol. The van der Waals surface area contributed by atoms with Gasteiger partial charge in [0.15, 0.2) is 0 Å². The van der Waals surface area contributed by atoms with Crippen molar-refractivity contribution in [1.82, 2.24) is 16.0 Å². The van der Waals surface area contributed by atoms with Crippen LogP contribution < -0.4 is 16.0 Å². The Morgan fingerprint density at radius 1 is 1.31 bits per heavy atom. The first-order chi connectivity index (χ1) is 6.34. The molecule has 0 aromatic rings. The first-order valence-corrected chi connectivity index (χ1v) is 5.08. The van der Waals surface area contributed by atoms with Crippen molar-refractivity contribution in [3.05, 3.63) is 0 Å². The highest BCUT2D eigenvalue weighted by Gasteiger charge is 2.23. The summed E-state index contributed by atoms with van der Waals surface area (Å²) in [6.45, 7) is 2.90. The molecule has 0 aromatic carbocycles. The van der Waals surface area contributed by atoms with Crippen molar-refractivity contribution in [3.8, 4) is 0 Å². The Labute approximate surface area is 78.5 Å². The van der Waals surface area contributed by atoms with Gasteiger partial charge in [-0.15, -0.1) is 0 Å². The minimum Gasteiger partial charge on any atom is -0.353 e. The molecule has 1 saturated heterocycles. The molecule has 0 atom stereocenters. The number of carbonyl (C=O) groups is 1. The molecule has 74 valence electrons. The monoisotopic (exact) mass is 183 g/mol. The van der Waals surface area contributed by atoms with Crippen molar-refractivity contribution in [3.63, 3.8) is 0 Å². The summed E-state index contributed by atoms with van der Waals surface area (Å²) < 4.78 is 0. The number of hydrogen-bond acceptors (Lipinski definition) is 3. The van der Waals surface area contributed by atoms with Gasteiger partial charge >= 0.3 is 0 Å². The lowest BCUT2D eigenvalue weighted by atomic mass is 10.2. The lowest BCUT2D eigenvalue weighted by Crippen LogP contribution is -2.55. The Morgan fingerprint density at radius 2 is 2.08 bits per heavy atom. The van der Waals surface area contributed by atoms with Crippen LogP contribution in [0.15, 0.2) is 0 Å². The number of hydrogen-bond donors (Lipinski definition) is 3. The van der Waals surface area contributed by atoms with E-state index >= 15 is 0 Å². The Hall–Kier alpha value is -0.610. The average Bonchev–Trinajstić information content (AvgIpc) is 2.78. The maximum Gasteiger partial charge on any atom is 0.221 e. The van der Waals surface area contributed by atoms with Crippen LogP contribution in [0.5, 0.6) is 0 Å². The maximum absolute atomic E-state index is 11.2. The van der Waals surface area contributed by atoms with Gasteiger partial charge in [0.2, 0.25) is 5.91 Å². The molecule has 2 fully saturated rings. The van der Waals surface area contributed by atoms with Crippen LogP contribution in [-0.2, 0) is 4.79 Å². The molecule has 2 rings (SSSR count). The molecule has 0 radical (unpaired) electrons. The molecular formula is C9H17N3O. The number of carbonyl (C=O) groups excluding carboxylic acids is 1. The maximum atomic E-state index is 11.2. The fourth-order valence-corrected chi connectivity index (χ4v) is 1.35. The minimum absolute atomic E-state index is 0.197. The Bertz CT molecular complexity index is 187. The zero-order valence-electron chi connectivity index (χ0n) is 7.81. The third-order valence-electron chi connectivity index (χ3n) is 2.51. The number of amides is 1. The van der Waals surface area contributed by atoms with Crippen LogP contribution in [-0.4, -0.2) is 37.6 Å². The molecule has 0 aromatic heterocycles. The Morgan fingerprint density at radius 3 is 2.62 bits per heavy atom. The fraction of sp³-hybridized carbons (Fsp3) is 0.889. The summed E-state index contributed by atoms with van der Waals surface area (Å²) in [4.78, 5) is 11.2. The largest absolute Gasteiger partial charge is 0.353 e. The van der Waals surface area contributed by atoms with Crippen molar-refractivity contribution >= 4 is 5.91 Å². The molecule has 3 N–H and O–H groups in total. The van der Waals surface area contributed by atoms with Gasteiger partial charge in [0.05, 0.1) is 0 Å². The van der Waals surface area contributed by atoms with E-state index in [0.717, 1.165) is 19.6 Å². The summed E-state index contributed by atoms with van der Waals surface area (Å²) >= 11 is 0. The molecule has 13 heavy (non-hydrogen) atoms. The second-order valence-electron chi connectivity index (χ2n) is 3.90. The Kier molecular flexibility index (Phi) is 2.80. The quantitative estimate of drug-likeness (QED) is 0.524. The molecule has 0 bridgehead atoms. The summed E-state index contributed by atoms with van der Waals surface area (Å²) in [5.74, 6) is 0.197. The highest BCUT2D eigenvalue weighted by Crippen LogP contribution is 2.18. The van der Waals surface area contributed by atoms with E-state index in [0.29, 0.717) is 18.5 Å². The minimum atomic E-state index is 0.197. The van der Waals surface area contributed by atoms with Crippen LogP contribution in [0.1, 0.15) is 19.3 Å². The van der Waals surface area contributed by atoms with Crippen molar-refractivity contribution in [2.45, 2.75) is 31.3 Å². The number of nitrogens with one attached hydrogen (secondary N) is 3. The summed E-state index contributed by atoms with van der Waals surface area (Å²) in [7, 11) is 0. The topological polar surface area (TPSA) is 53.2 Å². The highest BCUT2D eigenvalue weighted by molar-refractivity contribution is 5.76. The van der Waals surface area contributed by atoms with E-state index in [1.165, 1.54) is 12.8 Å². The van der Waals surface area contributed by atoms with Crippen molar-refractivity contribution in [2.24, 2.45) is 0 Å². The molecule has 2 aliphatic rings. The third kappa shape index (κ3) is 2.97. The molecular weight excluding hydrogens is 166 g/mol. The first-order valence-electron chi connectivity index (χ1n) is 5.08. The highest BCUT2D eigenvalue weighted by atomic mass is 16.1. The smallest absolute Gasteiger partial charge is 0.221 e. The van der Waals surface area contributed by atoms with E-state index in [-0.39, 0.29) is 5.91 Å². The van der Waals surface area contributed by atoms with Crippen LogP contribution in [0.3, 0.4) is 0 Å². The van der Waals surface area contributed by atoms with Crippen molar-refractivity contribution in [2.75, 3.05) is 19.6 Å². The van der Waals surface area contributed by atoms with Crippen LogP contribution in [0.25, 0.3) is 0 Å². The van der Waals surface area contributed by atoms with Gasteiger partial charge in [0.1, 0.15) is 0 Å². The van der Waals surface area contributed by atoms with Crippen molar-refractivity contribution < 1.29 is 4.79 Å². The van der Waals surface area contributed by atoms with Gasteiger partial charge in [-0.25, -0.2) is 0 Å². The van der Waals surface area contributed by atoms with Crippen LogP contribution in [0, 0.1) is 0 Å². The molecule has 1 saturated carbocycles. The van der Waals surface area contributed by atoms with Gasteiger partial charge < -0.3 is 16.0 Å². The molecule has 4 heteroatoms. The molecule has 0 spiro atoms. The lowest BCUT2D eigenvalue weighted by Gasteiger charge is -2.27. The molecule has 0 unspecified atom stereocenters. The van der Waals surface area contributed by atoms with Crippen LogP contribution >= 0.6 is 0 Å². The van der Waals surface area contributed by atoms with Gasteiger partial charge in [-0.05, 0) is 12.8 Å². The zero-order valence-corrected chi connectivity index (χ0v) is 7.81. The normalized spacial score (nSPS) is 22.5. The van der Waals surface area contributed by atoms with Gasteiger partial charge in [0.25, 0.3) is 0 Å². The van der Waals surface area contributed by atoms with Gasteiger partial charge in [-0.1, -0.05) is 0 Å². The summed E-state index contributed by atoms with van der Waals surface area (Å²) in [5.41, 5.74) is 0. The fourth-order valence-electron chi connectivity index (χ4n) is 1.35. The van der Waals surface area contributed by atoms with E-state index in [9.17, 15) is 4.79 Å². The van der Waals surface area contributed by atoms with Gasteiger partial charge in [0, 0.05) is 38.1 Å². The van der Waals surface area contributed by atoms with E-state index in [4.69, 9.17) is 0 Å². The molecule has 1 aliphatic heterocycles. The van der Waals surface area contributed by atoms with Gasteiger partial charge in [-0.2, -0.15) is 0 Å². The van der Waals surface area contributed by atoms with E-state index < -0.39 is 0 Å². The molecule has 1 amide bonds. The Balaban J connectivity index is 1.48. The summed E-state index contributed by atoms with van der Waals surface area (Å²) in [5, 5.41) is 9.47. The standard InChI is InChI=1S/C9H17N3O/c13-9(12-7-1-2-7)3-4-11-8-5-10-6-8/h7-8,10-11H,1-6H2,(H,12,13). The summed E-state index contributed by atoms with van der Waals surface area (Å²) in [6.07, 6.45) is 2.96. The molecule has 1 aliphatic carbocycles. The number of rotatable bonds is 5. The lowest BCUT2D eigenvalue weighted by molar-refractivity contribution is -0.121. The second-order valence-corrected chi connectivity index (χ2v) is 3.90. The average molecular weight is 183 g/mol. The second kappa shape index (κ2) is 4.07. The van der Waals surface area contributed by atoms with Crippen molar-refractivity contribution in [1.29, 1.82) is 0 Å². The predicted octanol–water partition coefficient (Wildman–Crippen LogP) is -0.783. The third-order valence-corrected chi connectivity index (χ3v) is 2.51. The van der Waals surface area contributed by atoms with E-state index in [1.54, 1.807) is 0 Å². The van der Waals surface area contributed by atoms with Crippen LogP contribution in [0.2, 0.25) is 0 Å². The molecule has 4 nitrogen and oxygen atoms in total. The first kappa shape index (κ1) is 8.97. The van der Waals surface area contributed by atoms with Crippen LogP contribution in [0.4, 0.5) is 0 Å². The SMILES string of the molecule is O=C(CCNC1CNC1)NC1CC1. The van der Waals surface area contributed by atoms with Gasteiger partial charge in [-0.3, -0.25) is 4.79 Å². The molecule has 1 heterocycles. The summed E-state index contributed by atoms with van der Waals surface area (Å²) in [6, 6.07) is 1.09. The van der Waals surface area contributed by atoms with E-state index in [2.05, 4.69) is 16.0 Å². The zero-order chi connectivity index (χ0) is 9.10.